The van der Waals surface area contributed by atoms with Crippen molar-refractivity contribution in [2.45, 2.75) is 12.5 Å². The molecule has 64 valence electrons. The van der Waals surface area contributed by atoms with E-state index in [4.69, 9.17) is 5.11 Å². The third kappa shape index (κ3) is 1.52. The minimum atomic E-state index is -1.00. The van der Waals surface area contributed by atoms with E-state index >= 15 is 0 Å². The first-order valence-corrected chi connectivity index (χ1v) is 3.70. The van der Waals surface area contributed by atoms with Crippen molar-refractivity contribution in [2.24, 2.45) is 5.92 Å². The van der Waals surface area contributed by atoms with Gasteiger partial charge < -0.3 is 15.1 Å². The molecule has 1 fully saturated rings. The first-order chi connectivity index (χ1) is 5.16. The molecule has 0 radical (unpaired) electrons. The molecule has 1 saturated heterocycles. The van der Waals surface area contributed by atoms with E-state index in [9.17, 15) is 9.90 Å². The number of piperidine rings is 1. The zero-order valence-electron chi connectivity index (χ0n) is 6.53. The highest BCUT2D eigenvalue weighted by atomic mass is 16.3. The summed E-state index contributed by atoms with van der Waals surface area (Å²) in [5.41, 5.74) is 0. The average Bonchev–Trinajstić information content (AvgIpc) is 2.01. The molecule has 0 aromatic rings. The third-order valence-corrected chi connectivity index (χ3v) is 2.15. The molecule has 0 saturated carbocycles. The van der Waals surface area contributed by atoms with Crippen LogP contribution in [0, 0.1) is 5.92 Å². The standard InChI is InChI=1S/C7H13NO3/c1-8-3-2-5(4-9)6(10)7(8)11/h5-6,9-10H,2-4H2,1H3/t5-,6+/m1/s1. The molecule has 4 nitrogen and oxygen atoms in total. The number of nitrogens with zero attached hydrogens (tertiary/aromatic N) is 1. The molecule has 1 heterocycles. The minimum absolute atomic E-state index is 0.110. The Morgan fingerprint density at radius 2 is 2.36 bits per heavy atom. The number of aliphatic hydroxyl groups excluding tert-OH is 2. The summed E-state index contributed by atoms with van der Waals surface area (Å²) in [4.78, 5) is 12.5. The lowest BCUT2D eigenvalue weighted by Gasteiger charge is -2.31. The first kappa shape index (κ1) is 8.49. The average molecular weight is 159 g/mol. The van der Waals surface area contributed by atoms with Gasteiger partial charge in [0.25, 0.3) is 5.91 Å². The van der Waals surface area contributed by atoms with E-state index in [1.807, 2.05) is 0 Å². The lowest BCUT2D eigenvalue weighted by Crippen LogP contribution is -2.47. The van der Waals surface area contributed by atoms with E-state index in [0.29, 0.717) is 13.0 Å². The van der Waals surface area contributed by atoms with E-state index in [1.165, 1.54) is 4.90 Å². The van der Waals surface area contributed by atoms with E-state index in [-0.39, 0.29) is 18.4 Å². The number of carbonyl (C=O) groups is 1. The van der Waals surface area contributed by atoms with Gasteiger partial charge in [-0.25, -0.2) is 0 Å². The number of carbonyl (C=O) groups excluding carboxylic acids is 1. The maximum atomic E-state index is 11.1. The van der Waals surface area contributed by atoms with Gasteiger partial charge in [-0.1, -0.05) is 0 Å². The third-order valence-electron chi connectivity index (χ3n) is 2.15. The Labute approximate surface area is 65.4 Å². The van der Waals surface area contributed by atoms with Crippen molar-refractivity contribution < 1.29 is 15.0 Å². The van der Waals surface area contributed by atoms with Gasteiger partial charge in [0.2, 0.25) is 0 Å². The molecule has 0 unspecified atom stereocenters. The Balaban J connectivity index is 2.59. The zero-order chi connectivity index (χ0) is 8.43. The summed E-state index contributed by atoms with van der Waals surface area (Å²) >= 11 is 0. The number of likely N-dealkylation sites (N-methyl/N-ethyl adjacent to an activating group) is 1. The summed E-state index contributed by atoms with van der Waals surface area (Å²) in [5.74, 6) is -0.547. The molecule has 1 amide bonds. The Morgan fingerprint density at radius 1 is 1.73 bits per heavy atom. The molecule has 2 N–H and O–H groups in total. The normalized spacial score (nSPS) is 32.6. The molecule has 0 spiro atoms. The summed E-state index contributed by atoms with van der Waals surface area (Å²) in [7, 11) is 1.65. The van der Waals surface area contributed by atoms with E-state index in [2.05, 4.69) is 0 Å². The van der Waals surface area contributed by atoms with Gasteiger partial charge in [-0.2, -0.15) is 0 Å². The monoisotopic (exact) mass is 159 g/mol. The Bertz CT molecular complexity index is 160. The molecule has 0 aromatic heterocycles. The van der Waals surface area contributed by atoms with Gasteiger partial charge in [-0.3, -0.25) is 4.79 Å². The van der Waals surface area contributed by atoms with Crippen molar-refractivity contribution in [3.05, 3.63) is 0 Å². The predicted molar refractivity (Wildman–Crippen MR) is 38.8 cm³/mol. The fraction of sp³-hybridized carbons (Fsp3) is 0.857. The van der Waals surface area contributed by atoms with E-state index in [1.54, 1.807) is 7.05 Å². The van der Waals surface area contributed by atoms with Gasteiger partial charge in [-0.15, -0.1) is 0 Å². The van der Waals surface area contributed by atoms with Crippen molar-refractivity contribution in [3.63, 3.8) is 0 Å². The van der Waals surface area contributed by atoms with Crippen LogP contribution in [0.2, 0.25) is 0 Å². The lowest BCUT2D eigenvalue weighted by molar-refractivity contribution is -0.147. The van der Waals surface area contributed by atoms with Crippen molar-refractivity contribution in [1.29, 1.82) is 0 Å². The van der Waals surface area contributed by atoms with Crippen LogP contribution in [0.15, 0.2) is 0 Å². The fourth-order valence-electron chi connectivity index (χ4n) is 1.25. The van der Waals surface area contributed by atoms with Crippen LogP contribution in [-0.2, 0) is 4.79 Å². The zero-order valence-corrected chi connectivity index (χ0v) is 6.53. The molecule has 0 bridgehead atoms. The van der Waals surface area contributed by atoms with Crippen LogP contribution in [-0.4, -0.2) is 47.3 Å². The SMILES string of the molecule is CN1CC[C@H](CO)[C@H](O)C1=O. The smallest absolute Gasteiger partial charge is 0.251 e. The van der Waals surface area contributed by atoms with Gasteiger partial charge in [0.05, 0.1) is 0 Å². The molecular weight excluding hydrogens is 146 g/mol. The maximum absolute atomic E-state index is 11.1. The second-order valence-electron chi connectivity index (χ2n) is 2.94. The number of hydrogen-bond donors (Lipinski definition) is 2. The largest absolute Gasteiger partial charge is 0.396 e. The summed E-state index contributed by atoms with van der Waals surface area (Å²) in [6.07, 6.45) is -0.321. The number of rotatable bonds is 1. The van der Waals surface area contributed by atoms with Gasteiger partial charge in [0.1, 0.15) is 6.10 Å². The Kier molecular flexibility index (Phi) is 2.46. The van der Waals surface area contributed by atoms with E-state index in [0.717, 1.165) is 0 Å². The number of hydrogen-bond acceptors (Lipinski definition) is 3. The summed E-state index contributed by atoms with van der Waals surface area (Å²) < 4.78 is 0. The minimum Gasteiger partial charge on any atom is -0.396 e. The maximum Gasteiger partial charge on any atom is 0.251 e. The van der Waals surface area contributed by atoms with Crippen LogP contribution in [0.5, 0.6) is 0 Å². The topological polar surface area (TPSA) is 60.8 Å². The molecule has 4 heteroatoms. The van der Waals surface area contributed by atoms with E-state index < -0.39 is 6.10 Å². The molecule has 11 heavy (non-hydrogen) atoms. The van der Waals surface area contributed by atoms with Gasteiger partial charge >= 0.3 is 0 Å². The van der Waals surface area contributed by atoms with Crippen LogP contribution >= 0.6 is 0 Å². The second-order valence-corrected chi connectivity index (χ2v) is 2.94. The molecule has 0 aromatic carbocycles. The quantitative estimate of drug-likeness (QED) is 0.506. The molecule has 1 aliphatic heterocycles. The first-order valence-electron chi connectivity index (χ1n) is 3.70. The number of aliphatic hydroxyl groups is 2. The van der Waals surface area contributed by atoms with Crippen molar-refractivity contribution in [3.8, 4) is 0 Å². The van der Waals surface area contributed by atoms with Gasteiger partial charge in [0.15, 0.2) is 0 Å². The highest BCUT2D eigenvalue weighted by Crippen LogP contribution is 2.16. The van der Waals surface area contributed by atoms with Crippen molar-refractivity contribution >= 4 is 5.91 Å². The van der Waals surface area contributed by atoms with Crippen molar-refractivity contribution in [2.75, 3.05) is 20.2 Å². The van der Waals surface area contributed by atoms with Crippen LogP contribution in [0.3, 0.4) is 0 Å². The van der Waals surface area contributed by atoms with Gasteiger partial charge in [0, 0.05) is 26.1 Å². The van der Waals surface area contributed by atoms with Gasteiger partial charge in [-0.05, 0) is 6.42 Å². The van der Waals surface area contributed by atoms with Crippen LogP contribution in [0.1, 0.15) is 6.42 Å². The number of likely N-dealkylation sites (tertiary alicyclic amines) is 1. The fourth-order valence-corrected chi connectivity index (χ4v) is 1.25. The lowest BCUT2D eigenvalue weighted by atomic mass is 9.94. The molecule has 1 rings (SSSR count). The van der Waals surface area contributed by atoms with Crippen molar-refractivity contribution in [1.82, 2.24) is 4.90 Å². The summed E-state index contributed by atoms with van der Waals surface area (Å²) in [6.45, 7) is 0.516. The number of amides is 1. The summed E-state index contributed by atoms with van der Waals surface area (Å²) in [6, 6.07) is 0. The molecule has 2 atom stereocenters. The van der Waals surface area contributed by atoms with Crippen LogP contribution < -0.4 is 0 Å². The summed E-state index contributed by atoms with van der Waals surface area (Å²) in [5, 5.41) is 18.0. The highest BCUT2D eigenvalue weighted by molar-refractivity contribution is 5.81. The Hall–Kier alpha value is -0.610. The predicted octanol–water partition coefficient (Wildman–Crippen LogP) is -1.18. The highest BCUT2D eigenvalue weighted by Gasteiger charge is 2.32. The molecule has 1 aliphatic rings. The molecular formula is C7H13NO3. The second kappa shape index (κ2) is 3.19. The Morgan fingerprint density at radius 3 is 2.91 bits per heavy atom. The van der Waals surface area contributed by atoms with Crippen LogP contribution in [0.25, 0.3) is 0 Å². The molecule has 0 aliphatic carbocycles. The van der Waals surface area contributed by atoms with Crippen LogP contribution in [0.4, 0.5) is 0 Å².